The number of hydrogen-bond donors (Lipinski definition) is 1. The topological polar surface area (TPSA) is 37.3 Å². The van der Waals surface area contributed by atoms with Gasteiger partial charge in [-0.2, -0.15) is 0 Å². The Morgan fingerprint density at radius 3 is 2.62 bits per heavy atom. The first-order chi connectivity index (χ1) is 9.97. The lowest BCUT2D eigenvalue weighted by Crippen LogP contribution is -2.19. The summed E-state index contributed by atoms with van der Waals surface area (Å²) in [4.78, 5) is 11.4. The summed E-state index contributed by atoms with van der Waals surface area (Å²) in [5.74, 6) is -2.10. The molecule has 2 rings (SSSR count). The molecule has 2 aromatic rings. The van der Waals surface area contributed by atoms with Gasteiger partial charge in [0.15, 0.2) is 0 Å². The second kappa shape index (κ2) is 7.05. The van der Waals surface area contributed by atoms with Crippen LogP contribution in [0.15, 0.2) is 46.9 Å². The van der Waals surface area contributed by atoms with Crippen LogP contribution >= 0.6 is 27.5 Å². The highest BCUT2D eigenvalue weighted by Gasteiger charge is 2.20. The smallest absolute Gasteiger partial charge is 0.307 e. The van der Waals surface area contributed by atoms with E-state index in [1.807, 2.05) is 24.3 Å². The standard InChI is InChI=1S/C16H13BrClFO2/c17-13-5-1-3-10(8-13)7-12(16(20)21)9-11-4-2-6-14(19)15(11)18/h1-6,8,12H,7,9H2,(H,20,21). The van der Waals surface area contributed by atoms with E-state index in [9.17, 15) is 14.3 Å². The molecule has 0 aliphatic heterocycles. The molecule has 110 valence electrons. The lowest BCUT2D eigenvalue weighted by Gasteiger charge is -2.14. The molecule has 5 heteroatoms. The van der Waals surface area contributed by atoms with Crippen molar-refractivity contribution in [3.05, 3.63) is 68.9 Å². The van der Waals surface area contributed by atoms with E-state index in [0.29, 0.717) is 12.0 Å². The summed E-state index contributed by atoms with van der Waals surface area (Å²) in [6.45, 7) is 0. The third kappa shape index (κ3) is 4.29. The van der Waals surface area contributed by atoms with Crippen molar-refractivity contribution in [2.45, 2.75) is 12.8 Å². The van der Waals surface area contributed by atoms with E-state index in [1.54, 1.807) is 6.07 Å². The van der Waals surface area contributed by atoms with Crippen LogP contribution in [0.2, 0.25) is 5.02 Å². The van der Waals surface area contributed by atoms with Crippen LogP contribution in [0.3, 0.4) is 0 Å². The minimum atomic E-state index is -0.921. The number of carboxylic acid groups (broad SMARTS) is 1. The average molecular weight is 372 g/mol. The normalized spacial score (nSPS) is 12.1. The zero-order valence-electron chi connectivity index (χ0n) is 11.0. The maximum atomic E-state index is 13.4. The summed E-state index contributed by atoms with van der Waals surface area (Å²) < 4.78 is 14.3. The van der Waals surface area contributed by atoms with Gasteiger partial charge in [-0.3, -0.25) is 4.79 Å². The van der Waals surface area contributed by atoms with E-state index in [4.69, 9.17) is 11.6 Å². The fourth-order valence-corrected chi connectivity index (χ4v) is 2.82. The molecule has 2 aromatic carbocycles. The molecule has 1 unspecified atom stereocenters. The van der Waals surface area contributed by atoms with Crippen molar-refractivity contribution >= 4 is 33.5 Å². The minimum absolute atomic E-state index is 0.00186. The molecule has 1 N–H and O–H groups in total. The van der Waals surface area contributed by atoms with Crippen LogP contribution in [0.25, 0.3) is 0 Å². The van der Waals surface area contributed by atoms with Gasteiger partial charge in [-0.1, -0.05) is 51.8 Å². The monoisotopic (exact) mass is 370 g/mol. The Morgan fingerprint density at radius 1 is 1.24 bits per heavy atom. The van der Waals surface area contributed by atoms with Gasteiger partial charge in [0.05, 0.1) is 10.9 Å². The molecule has 2 nitrogen and oxygen atoms in total. The predicted octanol–water partition coefficient (Wildman–Crippen LogP) is 4.73. The molecule has 0 radical (unpaired) electrons. The lowest BCUT2D eigenvalue weighted by atomic mass is 9.92. The predicted molar refractivity (Wildman–Crippen MR) is 84.1 cm³/mol. The maximum Gasteiger partial charge on any atom is 0.307 e. The first kappa shape index (κ1) is 16.0. The molecular formula is C16H13BrClFO2. The van der Waals surface area contributed by atoms with E-state index < -0.39 is 17.7 Å². The quantitative estimate of drug-likeness (QED) is 0.825. The van der Waals surface area contributed by atoms with Crippen LogP contribution in [0.1, 0.15) is 11.1 Å². The highest BCUT2D eigenvalue weighted by Crippen LogP contribution is 2.24. The molecule has 1 atom stereocenters. The van der Waals surface area contributed by atoms with Crippen LogP contribution in [0, 0.1) is 11.7 Å². The largest absolute Gasteiger partial charge is 0.481 e. The van der Waals surface area contributed by atoms with Gasteiger partial charge >= 0.3 is 5.97 Å². The number of benzene rings is 2. The van der Waals surface area contributed by atoms with Gasteiger partial charge in [-0.25, -0.2) is 4.39 Å². The van der Waals surface area contributed by atoms with Gasteiger partial charge in [0.1, 0.15) is 5.82 Å². The third-order valence-corrected chi connectivity index (χ3v) is 4.13. The summed E-state index contributed by atoms with van der Waals surface area (Å²) in [6.07, 6.45) is 0.556. The molecule has 0 heterocycles. The second-order valence-electron chi connectivity index (χ2n) is 4.79. The summed E-state index contributed by atoms with van der Waals surface area (Å²) >= 11 is 9.25. The molecule has 0 fully saturated rings. The van der Waals surface area contributed by atoms with Gasteiger partial charge in [-0.05, 0) is 42.2 Å². The number of carbonyl (C=O) groups is 1. The lowest BCUT2D eigenvalue weighted by molar-refractivity contribution is -0.141. The Morgan fingerprint density at radius 2 is 1.95 bits per heavy atom. The Hall–Kier alpha value is -1.39. The number of rotatable bonds is 5. The molecular weight excluding hydrogens is 359 g/mol. The van der Waals surface area contributed by atoms with Crippen molar-refractivity contribution in [1.82, 2.24) is 0 Å². The molecule has 0 saturated carbocycles. The molecule has 0 spiro atoms. The van der Waals surface area contributed by atoms with Gasteiger partial charge in [-0.15, -0.1) is 0 Å². The van der Waals surface area contributed by atoms with E-state index in [0.717, 1.165) is 10.0 Å². The van der Waals surface area contributed by atoms with Gasteiger partial charge in [0, 0.05) is 4.47 Å². The van der Waals surface area contributed by atoms with Crippen molar-refractivity contribution in [2.75, 3.05) is 0 Å². The Kier molecular flexibility index (Phi) is 5.37. The number of hydrogen-bond acceptors (Lipinski definition) is 1. The van der Waals surface area contributed by atoms with Crippen LogP contribution in [0.5, 0.6) is 0 Å². The summed E-state index contributed by atoms with van der Waals surface area (Å²) in [7, 11) is 0. The Bertz CT molecular complexity index is 660. The van der Waals surface area contributed by atoms with Crippen LogP contribution in [0.4, 0.5) is 4.39 Å². The Balaban J connectivity index is 2.20. The molecule has 0 aliphatic rings. The highest BCUT2D eigenvalue weighted by molar-refractivity contribution is 9.10. The maximum absolute atomic E-state index is 13.4. The number of halogens is 3. The molecule has 0 saturated heterocycles. The zero-order chi connectivity index (χ0) is 15.4. The van der Waals surface area contributed by atoms with Crippen molar-refractivity contribution in [3.63, 3.8) is 0 Å². The van der Waals surface area contributed by atoms with Gasteiger partial charge < -0.3 is 5.11 Å². The molecule has 0 aliphatic carbocycles. The first-order valence-corrected chi connectivity index (χ1v) is 7.54. The SMILES string of the molecule is O=C(O)C(Cc1cccc(Br)c1)Cc1cccc(F)c1Cl. The van der Waals surface area contributed by atoms with E-state index in [2.05, 4.69) is 15.9 Å². The minimum Gasteiger partial charge on any atom is -0.481 e. The molecule has 0 amide bonds. The van der Waals surface area contributed by atoms with Crippen molar-refractivity contribution in [1.29, 1.82) is 0 Å². The number of aliphatic carboxylic acids is 1. The van der Waals surface area contributed by atoms with Crippen LogP contribution in [-0.4, -0.2) is 11.1 Å². The molecule has 21 heavy (non-hydrogen) atoms. The van der Waals surface area contributed by atoms with Gasteiger partial charge in [0.2, 0.25) is 0 Å². The summed E-state index contributed by atoms with van der Waals surface area (Å²) in [5.41, 5.74) is 1.42. The van der Waals surface area contributed by atoms with Crippen molar-refractivity contribution in [2.24, 2.45) is 5.92 Å². The van der Waals surface area contributed by atoms with Crippen molar-refractivity contribution in [3.8, 4) is 0 Å². The highest BCUT2D eigenvalue weighted by atomic mass is 79.9. The Labute approximate surface area is 135 Å². The van der Waals surface area contributed by atoms with Crippen LogP contribution < -0.4 is 0 Å². The van der Waals surface area contributed by atoms with Crippen molar-refractivity contribution < 1.29 is 14.3 Å². The third-order valence-electron chi connectivity index (χ3n) is 3.22. The molecule has 0 aromatic heterocycles. The van der Waals surface area contributed by atoms with E-state index in [1.165, 1.54) is 12.1 Å². The summed E-state index contributed by atoms with van der Waals surface area (Å²) in [5, 5.41) is 9.37. The fraction of sp³-hybridized carbons (Fsp3) is 0.188. The van der Waals surface area contributed by atoms with E-state index >= 15 is 0 Å². The van der Waals surface area contributed by atoms with Gasteiger partial charge in [0.25, 0.3) is 0 Å². The van der Waals surface area contributed by atoms with E-state index in [-0.39, 0.29) is 11.4 Å². The average Bonchev–Trinajstić information content (AvgIpc) is 2.43. The molecule has 0 bridgehead atoms. The number of carboxylic acids is 1. The summed E-state index contributed by atoms with van der Waals surface area (Å²) in [6, 6.07) is 11.9. The first-order valence-electron chi connectivity index (χ1n) is 6.37. The second-order valence-corrected chi connectivity index (χ2v) is 6.08. The van der Waals surface area contributed by atoms with Crippen LogP contribution in [-0.2, 0) is 17.6 Å². The fourth-order valence-electron chi connectivity index (χ4n) is 2.17. The zero-order valence-corrected chi connectivity index (χ0v) is 13.4.